The average molecular weight is 448 g/mol. The summed E-state index contributed by atoms with van der Waals surface area (Å²) in [6.07, 6.45) is -8.11. The molecule has 0 bridgehead atoms. The zero-order valence-electron chi connectivity index (χ0n) is 16.3. The number of aliphatic hydroxyl groups is 4. The molecule has 1 unspecified atom stereocenters. The highest BCUT2D eigenvalue weighted by atomic mass is 16.5. The molecule has 2 heterocycles. The molecule has 0 radical (unpaired) electrons. The van der Waals surface area contributed by atoms with Crippen molar-refractivity contribution in [3.63, 3.8) is 0 Å². The van der Waals surface area contributed by atoms with Crippen LogP contribution in [0.2, 0.25) is 0 Å². The Hall–Kier alpha value is -3.35. The van der Waals surface area contributed by atoms with Gasteiger partial charge in [-0.15, -0.1) is 0 Å². The van der Waals surface area contributed by atoms with Crippen LogP contribution in [0.15, 0.2) is 39.5 Å². The van der Waals surface area contributed by atoms with Crippen LogP contribution in [-0.4, -0.2) is 71.9 Å². The van der Waals surface area contributed by atoms with Gasteiger partial charge in [0.2, 0.25) is 0 Å². The third-order valence-electron chi connectivity index (χ3n) is 5.37. The minimum Gasteiger partial charge on any atom is -0.508 e. The summed E-state index contributed by atoms with van der Waals surface area (Å²) < 4.78 is 10.9. The molecule has 3 aromatic rings. The molecule has 8 N–H and O–H groups in total. The predicted molar refractivity (Wildman–Crippen MR) is 107 cm³/mol. The van der Waals surface area contributed by atoms with Gasteiger partial charge in [0.05, 0.1) is 12.2 Å². The second-order valence-corrected chi connectivity index (χ2v) is 7.49. The van der Waals surface area contributed by atoms with Crippen LogP contribution in [0.25, 0.3) is 22.3 Å². The summed E-state index contributed by atoms with van der Waals surface area (Å²) >= 11 is 0. The monoisotopic (exact) mass is 448 g/mol. The molecule has 4 rings (SSSR count). The molecule has 1 aliphatic rings. The number of aliphatic hydroxyl groups excluding tert-OH is 4. The van der Waals surface area contributed by atoms with Gasteiger partial charge in [0.1, 0.15) is 70.2 Å². The number of rotatable bonds is 3. The molecule has 11 heteroatoms. The van der Waals surface area contributed by atoms with Crippen LogP contribution in [0.5, 0.6) is 23.0 Å². The molecular formula is C21H20O11. The summed E-state index contributed by atoms with van der Waals surface area (Å²) in [6, 6.07) is 5.51. The Balaban J connectivity index is 1.87. The average Bonchev–Trinajstić information content (AvgIpc) is 2.72. The Kier molecular flexibility index (Phi) is 5.44. The number of phenols is 4. The predicted octanol–water partition coefficient (Wildman–Crippen LogP) is -0.203. The first-order valence-corrected chi connectivity index (χ1v) is 9.49. The van der Waals surface area contributed by atoms with Crippen molar-refractivity contribution >= 4 is 11.0 Å². The molecule has 32 heavy (non-hydrogen) atoms. The molecular weight excluding hydrogens is 428 g/mol. The molecule has 0 saturated carbocycles. The van der Waals surface area contributed by atoms with E-state index in [4.69, 9.17) is 9.15 Å². The van der Waals surface area contributed by atoms with Gasteiger partial charge in [-0.25, -0.2) is 0 Å². The van der Waals surface area contributed by atoms with Crippen LogP contribution in [0.3, 0.4) is 0 Å². The molecule has 1 aromatic heterocycles. The van der Waals surface area contributed by atoms with Crippen molar-refractivity contribution in [1.29, 1.82) is 0 Å². The number of aromatic hydroxyl groups is 4. The summed E-state index contributed by atoms with van der Waals surface area (Å²) in [4.78, 5) is 12.8. The Morgan fingerprint density at radius 2 is 1.50 bits per heavy atom. The van der Waals surface area contributed by atoms with Gasteiger partial charge >= 0.3 is 0 Å². The van der Waals surface area contributed by atoms with Gasteiger partial charge in [-0.2, -0.15) is 0 Å². The highest BCUT2D eigenvalue weighted by molar-refractivity contribution is 5.88. The van der Waals surface area contributed by atoms with Crippen LogP contribution in [-0.2, 0) is 4.74 Å². The molecule has 5 atom stereocenters. The van der Waals surface area contributed by atoms with Gasteiger partial charge in [0.25, 0.3) is 0 Å². The van der Waals surface area contributed by atoms with E-state index in [9.17, 15) is 45.6 Å². The summed E-state index contributed by atoms with van der Waals surface area (Å²) in [6.45, 7) is -0.723. The van der Waals surface area contributed by atoms with E-state index in [0.717, 1.165) is 18.2 Å². The van der Waals surface area contributed by atoms with Gasteiger partial charge in [0.15, 0.2) is 5.43 Å². The second-order valence-electron chi connectivity index (χ2n) is 7.49. The summed E-state index contributed by atoms with van der Waals surface area (Å²) in [5.74, 6) is -2.09. The SMILES string of the molecule is O=c1cc(-c2cc(O)cc(O)c2)oc2cc(O)c(C3O[C@H](CO)[C@@H](O)[C@H](O)[C@@H]3O)c(O)c12. The van der Waals surface area contributed by atoms with Crippen molar-refractivity contribution in [2.75, 3.05) is 6.61 Å². The van der Waals surface area contributed by atoms with E-state index in [-0.39, 0.29) is 33.8 Å². The third kappa shape index (κ3) is 3.51. The lowest BCUT2D eigenvalue weighted by Gasteiger charge is -2.40. The molecule has 0 spiro atoms. The van der Waals surface area contributed by atoms with Gasteiger partial charge in [-0.05, 0) is 12.1 Å². The Labute approximate surface area is 179 Å². The summed E-state index contributed by atoms with van der Waals surface area (Å²) in [5, 5.41) is 79.8. The third-order valence-corrected chi connectivity index (χ3v) is 5.37. The smallest absolute Gasteiger partial charge is 0.197 e. The highest BCUT2D eigenvalue weighted by Crippen LogP contribution is 2.44. The van der Waals surface area contributed by atoms with Crippen molar-refractivity contribution in [2.45, 2.75) is 30.5 Å². The number of benzene rings is 2. The van der Waals surface area contributed by atoms with Crippen molar-refractivity contribution in [2.24, 2.45) is 0 Å². The fourth-order valence-corrected chi connectivity index (χ4v) is 3.80. The van der Waals surface area contributed by atoms with E-state index in [1.807, 2.05) is 0 Å². The Bertz CT molecular complexity index is 1210. The number of fused-ring (bicyclic) bond motifs is 1. The number of phenolic OH excluding ortho intramolecular Hbond substituents is 4. The standard InChI is InChI=1S/C21H20O11/c22-6-14-17(27)19(29)20(30)21(32-14)16-11(26)5-13-15(18(16)28)10(25)4-12(31-13)7-1-8(23)3-9(24)2-7/h1-5,14,17,19-24,26-30H,6H2/t14-,17-,19+,20+,21?/m1/s1. The van der Waals surface area contributed by atoms with Gasteiger partial charge in [-0.1, -0.05) is 0 Å². The van der Waals surface area contributed by atoms with Gasteiger partial charge in [0, 0.05) is 23.8 Å². The molecule has 0 aliphatic carbocycles. The first-order valence-electron chi connectivity index (χ1n) is 9.49. The van der Waals surface area contributed by atoms with E-state index in [1.54, 1.807) is 0 Å². The Morgan fingerprint density at radius 1 is 0.844 bits per heavy atom. The van der Waals surface area contributed by atoms with Crippen LogP contribution < -0.4 is 5.43 Å². The number of hydrogen-bond donors (Lipinski definition) is 8. The van der Waals surface area contributed by atoms with Crippen LogP contribution in [0.4, 0.5) is 0 Å². The van der Waals surface area contributed by atoms with Crippen LogP contribution in [0.1, 0.15) is 11.7 Å². The zero-order valence-corrected chi connectivity index (χ0v) is 16.3. The van der Waals surface area contributed by atoms with Crippen molar-refractivity contribution in [3.05, 3.63) is 46.1 Å². The normalized spacial score (nSPS) is 25.8. The second kappa shape index (κ2) is 7.97. The molecule has 1 aliphatic heterocycles. The van der Waals surface area contributed by atoms with E-state index in [1.165, 1.54) is 12.1 Å². The summed E-state index contributed by atoms with van der Waals surface area (Å²) in [5.41, 5.74) is -1.30. The fraction of sp³-hybridized carbons (Fsp3) is 0.286. The van der Waals surface area contributed by atoms with Crippen LogP contribution in [0, 0.1) is 0 Å². The van der Waals surface area contributed by atoms with Crippen molar-refractivity contribution in [3.8, 4) is 34.3 Å². The molecule has 170 valence electrons. The maximum Gasteiger partial charge on any atom is 0.197 e. The first-order chi connectivity index (χ1) is 15.1. The van der Waals surface area contributed by atoms with E-state index < -0.39 is 59.6 Å². The maximum absolute atomic E-state index is 12.8. The highest BCUT2D eigenvalue weighted by Gasteiger charge is 2.46. The van der Waals surface area contributed by atoms with Gasteiger partial charge < -0.3 is 50.0 Å². The Morgan fingerprint density at radius 3 is 2.12 bits per heavy atom. The summed E-state index contributed by atoms with van der Waals surface area (Å²) in [7, 11) is 0. The van der Waals surface area contributed by atoms with Crippen LogP contribution >= 0.6 is 0 Å². The first kappa shape index (κ1) is 21.9. The van der Waals surface area contributed by atoms with E-state index in [0.29, 0.717) is 0 Å². The largest absolute Gasteiger partial charge is 0.508 e. The molecule has 2 aromatic carbocycles. The lowest BCUT2D eigenvalue weighted by Crippen LogP contribution is -2.55. The molecule has 1 saturated heterocycles. The molecule has 1 fully saturated rings. The minimum atomic E-state index is -1.80. The minimum absolute atomic E-state index is 0.0758. The molecule has 0 amide bonds. The maximum atomic E-state index is 12.8. The van der Waals surface area contributed by atoms with Crippen molar-refractivity contribution in [1.82, 2.24) is 0 Å². The lowest BCUT2D eigenvalue weighted by atomic mass is 9.89. The number of ether oxygens (including phenoxy) is 1. The quantitative estimate of drug-likeness (QED) is 0.264. The van der Waals surface area contributed by atoms with Crippen molar-refractivity contribution < 1.29 is 50.0 Å². The topological polar surface area (TPSA) is 201 Å². The zero-order chi connectivity index (χ0) is 23.3. The molecule has 11 nitrogen and oxygen atoms in total. The fourth-order valence-electron chi connectivity index (χ4n) is 3.80. The van der Waals surface area contributed by atoms with Gasteiger partial charge in [-0.3, -0.25) is 4.79 Å². The number of hydrogen-bond acceptors (Lipinski definition) is 11. The van der Waals surface area contributed by atoms with E-state index in [2.05, 4.69) is 0 Å². The van der Waals surface area contributed by atoms with E-state index >= 15 is 0 Å². The lowest BCUT2D eigenvalue weighted by molar-refractivity contribution is -0.232.